The summed E-state index contributed by atoms with van der Waals surface area (Å²) in [5.74, 6) is -0.763. The lowest BCUT2D eigenvalue weighted by atomic mass is 10.1. The smallest absolute Gasteiger partial charge is 0.264 e. The molecular formula is C31H38ClN3O4S. The van der Waals surface area contributed by atoms with Gasteiger partial charge in [0.1, 0.15) is 12.6 Å². The number of rotatable bonds is 12. The van der Waals surface area contributed by atoms with Gasteiger partial charge in [-0.25, -0.2) is 8.42 Å². The lowest BCUT2D eigenvalue weighted by Crippen LogP contribution is -2.53. The molecule has 1 N–H and O–H groups in total. The average Bonchev–Trinajstić information content (AvgIpc) is 2.93. The fraction of sp³-hybridized carbons (Fsp3) is 0.355. The number of halogens is 1. The quantitative estimate of drug-likeness (QED) is 0.289. The van der Waals surface area contributed by atoms with Crippen molar-refractivity contribution in [2.75, 3.05) is 10.8 Å². The number of amides is 2. The van der Waals surface area contributed by atoms with Gasteiger partial charge in [0.05, 0.1) is 10.6 Å². The molecule has 0 fully saturated rings. The Bertz CT molecular complexity index is 1430. The maximum atomic E-state index is 14.2. The van der Waals surface area contributed by atoms with E-state index < -0.39 is 28.5 Å². The number of hydrogen-bond acceptors (Lipinski definition) is 4. The van der Waals surface area contributed by atoms with Crippen molar-refractivity contribution >= 4 is 39.1 Å². The minimum absolute atomic E-state index is 0.0500. The van der Waals surface area contributed by atoms with Gasteiger partial charge in [-0.15, -0.1) is 0 Å². The fourth-order valence-electron chi connectivity index (χ4n) is 4.45. The summed E-state index contributed by atoms with van der Waals surface area (Å²) < 4.78 is 29.0. The normalized spacial score (nSPS) is 12.8. The van der Waals surface area contributed by atoms with Gasteiger partial charge in [0.15, 0.2) is 0 Å². The Morgan fingerprint density at radius 3 is 2.25 bits per heavy atom. The first-order valence-electron chi connectivity index (χ1n) is 13.5. The van der Waals surface area contributed by atoms with Crippen molar-refractivity contribution in [3.05, 3.63) is 94.5 Å². The van der Waals surface area contributed by atoms with E-state index in [1.54, 1.807) is 43.3 Å². The van der Waals surface area contributed by atoms with E-state index >= 15 is 0 Å². The number of benzene rings is 3. The van der Waals surface area contributed by atoms with Gasteiger partial charge in [-0.3, -0.25) is 13.9 Å². The van der Waals surface area contributed by atoms with E-state index in [1.165, 1.54) is 17.0 Å². The van der Waals surface area contributed by atoms with E-state index in [9.17, 15) is 18.0 Å². The molecular weight excluding hydrogens is 546 g/mol. The highest BCUT2D eigenvalue weighted by Gasteiger charge is 2.34. The molecule has 0 aliphatic carbocycles. The molecule has 2 amide bonds. The van der Waals surface area contributed by atoms with Crippen LogP contribution in [0.3, 0.4) is 0 Å². The van der Waals surface area contributed by atoms with Gasteiger partial charge in [-0.05, 0) is 69.0 Å². The zero-order valence-corrected chi connectivity index (χ0v) is 25.3. The molecule has 3 aromatic rings. The molecule has 0 radical (unpaired) electrons. The van der Waals surface area contributed by atoms with E-state index in [0.29, 0.717) is 22.7 Å². The fourth-order valence-corrected chi connectivity index (χ4v) is 6.11. The molecule has 40 heavy (non-hydrogen) atoms. The van der Waals surface area contributed by atoms with Gasteiger partial charge in [0, 0.05) is 17.6 Å². The molecule has 2 atom stereocenters. The van der Waals surface area contributed by atoms with Crippen molar-refractivity contribution in [3.63, 3.8) is 0 Å². The molecule has 0 bridgehead atoms. The number of nitrogens with zero attached hydrogens (tertiary/aromatic N) is 2. The van der Waals surface area contributed by atoms with Crippen LogP contribution in [0.4, 0.5) is 5.69 Å². The van der Waals surface area contributed by atoms with Crippen molar-refractivity contribution < 1.29 is 18.0 Å². The van der Waals surface area contributed by atoms with Crippen LogP contribution in [0.25, 0.3) is 0 Å². The van der Waals surface area contributed by atoms with Crippen LogP contribution in [0.1, 0.15) is 50.3 Å². The molecule has 9 heteroatoms. The van der Waals surface area contributed by atoms with Crippen molar-refractivity contribution in [1.82, 2.24) is 10.2 Å². The highest BCUT2D eigenvalue weighted by Crippen LogP contribution is 2.30. The van der Waals surface area contributed by atoms with Crippen molar-refractivity contribution in [2.45, 2.75) is 71.0 Å². The maximum absolute atomic E-state index is 14.2. The summed E-state index contributed by atoms with van der Waals surface area (Å²) in [5, 5.41) is 3.33. The van der Waals surface area contributed by atoms with Crippen LogP contribution < -0.4 is 9.62 Å². The highest BCUT2D eigenvalue weighted by atomic mass is 35.5. The summed E-state index contributed by atoms with van der Waals surface area (Å²) in [6.45, 7) is 9.10. The summed E-state index contributed by atoms with van der Waals surface area (Å²) in [4.78, 5) is 29.1. The van der Waals surface area contributed by atoms with Gasteiger partial charge in [-0.1, -0.05) is 79.5 Å². The zero-order valence-electron chi connectivity index (χ0n) is 23.7. The monoisotopic (exact) mass is 583 g/mol. The number of hydrogen-bond donors (Lipinski definition) is 1. The third-order valence-electron chi connectivity index (χ3n) is 6.87. The molecule has 0 heterocycles. The van der Waals surface area contributed by atoms with Gasteiger partial charge < -0.3 is 10.2 Å². The molecule has 214 valence electrons. The van der Waals surface area contributed by atoms with Crippen LogP contribution in [0, 0.1) is 13.8 Å². The van der Waals surface area contributed by atoms with E-state index in [2.05, 4.69) is 5.32 Å². The van der Waals surface area contributed by atoms with Crippen LogP contribution >= 0.6 is 11.6 Å². The minimum Gasteiger partial charge on any atom is -0.352 e. The van der Waals surface area contributed by atoms with Crippen molar-refractivity contribution in [1.29, 1.82) is 0 Å². The van der Waals surface area contributed by atoms with Gasteiger partial charge in [0.25, 0.3) is 10.0 Å². The van der Waals surface area contributed by atoms with Crippen LogP contribution in [0.2, 0.25) is 5.02 Å². The first-order chi connectivity index (χ1) is 19.0. The molecule has 0 aromatic heterocycles. The number of carbonyl (C=O) groups excluding carboxylic acids is 2. The number of aryl methyl sites for hydroxylation is 2. The summed E-state index contributed by atoms with van der Waals surface area (Å²) in [5.41, 5.74) is 2.81. The second kappa shape index (κ2) is 13.8. The molecule has 0 spiro atoms. The first kappa shape index (κ1) is 31.2. The zero-order chi connectivity index (χ0) is 29.4. The minimum atomic E-state index is -4.15. The summed E-state index contributed by atoms with van der Waals surface area (Å²) in [7, 11) is -4.15. The molecule has 3 rings (SSSR count). The Balaban J connectivity index is 2.09. The molecule has 7 nitrogen and oxygen atoms in total. The Morgan fingerprint density at radius 1 is 0.925 bits per heavy atom. The SMILES string of the molecule is CC[C@H](C(=O)N[C@@H](C)CC)N(Cc1cccc(C)c1)C(=O)CN(c1cc(Cl)ccc1C)S(=O)(=O)c1ccccc1. The van der Waals surface area contributed by atoms with Crippen LogP contribution in [0.15, 0.2) is 77.7 Å². The highest BCUT2D eigenvalue weighted by molar-refractivity contribution is 7.92. The topological polar surface area (TPSA) is 86.8 Å². The van der Waals surface area contributed by atoms with Crippen LogP contribution in [0.5, 0.6) is 0 Å². The second-order valence-electron chi connectivity index (χ2n) is 10.0. The Morgan fingerprint density at radius 2 is 1.62 bits per heavy atom. The van der Waals surface area contributed by atoms with E-state index in [4.69, 9.17) is 11.6 Å². The standard InChI is InChI=1S/C31H38ClN3O4S/c1-6-24(5)33-31(37)28(7-2)34(20-25-13-11-12-22(3)18-25)30(36)21-35(29-19-26(32)17-16-23(29)4)40(38,39)27-14-9-8-10-15-27/h8-19,24,28H,6-7,20-21H2,1-5H3,(H,33,37)/t24-,28+/m0/s1. The van der Waals surface area contributed by atoms with Gasteiger partial charge in [0.2, 0.25) is 11.8 Å². The van der Waals surface area contributed by atoms with Gasteiger partial charge in [-0.2, -0.15) is 0 Å². The van der Waals surface area contributed by atoms with Crippen LogP contribution in [-0.4, -0.2) is 43.8 Å². The number of carbonyl (C=O) groups is 2. The first-order valence-corrected chi connectivity index (χ1v) is 15.3. The predicted octanol–water partition coefficient (Wildman–Crippen LogP) is 5.87. The van der Waals surface area contributed by atoms with Crippen LogP contribution in [-0.2, 0) is 26.2 Å². The van der Waals surface area contributed by atoms with Crippen molar-refractivity contribution in [2.24, 2.45) is 0 Å². The molecule has 0 aliphatic rings. The average molecular weight is 584 g/mol. The predicted molar refractivity (Wildman–Crippen MR) is 161 cm³/mol. The third kappa shape index (κ3) is 7.64. The lowest BCUT2D eigenvalue weighted by Gasteiger charge is -2.34. The molecule has 0 aliphatic heterocycles. The largest absolute Gasteiger partial charge is 0.352 e. The lowest BCUT2D eigenvalue weighted by molar-refractivity contribution is -0.140. The number of anilines is 1. The molecule has 3 aromatic carbocycles. The maximum Gasteiger partial charge on any atom is 0.264 e. The van der Waals surface area contributed by atoms with Gasteiger partial charge >= 0.3 is 0 Å². The molecule has 0 saturated heterocycles. The number of sulfonamides is 1. The number of nitrogens with one attached hydrogen (secondary N) is 1. The Labute approximate surface area is 243 Å². The molecule has 0 saturated carbocycles. The molecule has 0 unspecified atom stereocenters. The Hall–Kier alpha value is -3.36. The van der Waals surface area contributed by atoms with E-state index in [0.717, 1.165) is 21.9 Å². The Kier molecular flexibility index (Phi) is 10.8. The van der Waals surface area contributed by atoms with E-state index in [-0.39, 0.29) is 23.4 Å². The summed E-state index contributed by atoms with van der Waals surface area (Å²) in [6, 6.07) is 19.8. The van der Waals surface area contributed by atoms with Crippen molar-refractivity contribution in [3.8, 4) is 0 Å². The third-order valence-corrected chi connectivity index (χ3v) is 8.88. The second-order valence-corrected chi connectivity index (χ2v) is 12.3. The summed E-state index contributed by atoms with van der Waals surface area (Å²) in [6.07, 6.45) is 1.10. The van der Waals surface area contributed by atoms with E-state index in [1.807, 2.05) is 52.0 Å². The summed E-state index contributed by atoms with van der Waals surface area (Å²) >= 11 is 6.29.